The lowest BCUT2D eigenvalue weighted by Crippen LogP contribution is -2.00. The zero-order chi connectivity index (χ0) is 9.84. The highest BCUT2D eigenvalue weighted by Crippen LogP contribution is 2.16. The lowest BCUT2D eigenvalue weighted by atomic mass is 10.1. The number of hydrogen-bond donors (Lipinski definition) is 0. The molecule has 1 rings (SSSR count). The molecule has 0 N–H and O–H groups in total. The van der Waals surface area contributed by atoms with Crippen LogP contribution in [0.5, 0.6) is 0 Å². The number of halogens is 2. The first-order chi connectivity index (χ1) is 6.15. The van der Waals surface area contributed by atoms with Crippen molar-refractivity contribution in [3.8, 4) is 6.07 Å². The summed E-state index contributed by atoms with van der Waals surface area (Å²) in [5.74, 6) is -1.20. The molecule has 0 bridgehead atoms. The van der Waals surface area contributed by atoms with Crippen molar-refractivity contribution in [1.82, 2.24) is 0 Å². The van der Waals surface area contributed by atoms with Gasteiger partial charge in [-0.25, -0.2) is 4.39 Å². The smallest absolute Gasteiger partial charge is 0.179 e. The number of carbonyl (C=O) groups excluding carboxylic acids is 1. The van der Waals surface area contributed by atoms with Gasteiger partial charge in [0.1, 0.15) is 5.82 Å². The molecule has 0 atom stereocenters. The van der Waals surface area contributed by atoms with Gasteiger partial charge < -0.3 is 0 Å². The third kappa shape index (κ3) is 2.27. The van der Waals surface area contributed by atoms with E-state index in [2.05, 4.69) is 0 Å². The molecule has 0 fully saturated rings. The zero-order valence-corrected chi connectivity index (χ0v) is 7.31. The normalized spacial score (nSPS) is 9.31. The summed E-state index contributed by atoms with van der Waals surface area (Å²) < 4.78 is 13.0. The first-order valence-corrected chi connectivity index (χ1v) is 3.88. The summed E-state index contributed by atoms with van der Waals surface area (Å²) >= 11 is 5.56. The van der Waals surface area contributed by atoms with Gasteiger partial charge in [0.2, 0.25) is 0 Å². The van der Waals surface area contributed by atoms with Gasteiger partial charge >= 0.3 is 0 Å². The van der Waals surface area contributed by atoms with E-state index < -0.39 is 11.6 Å². The van der Waals surface area contributed by atoms with Crippen molar-refractivity contribution in [2.45, 2.75) is 6.42 Å². The Kier molecular flexibility index (Phi) is 2.99. The van der Waals surface area contributed by atoms with E-state index in [1.807, 2.05) is 0 Å². The van der Waals surface area contributed by atoms with Gasteiger partial charge in [0.15, 0.2) is 5.78 Å². The molecule has 0 aliphatic carbocycles. The van der Waals surface area contributed by atoms with Crippen LogP contribution in [0, 0.1) is 17.1 Å². The molecule has 0 amide bonds. The Morgan fingerprint density at radius 2 is 2.31 bits per heavy atom. The number of carbonyl (C=O) groups is 1. The molecule has 66 valence electrons. The maximum absolute atomic E-state index is 13.0. The number of ketones is 1. The highest BCUT2D eigenvalue weighted by molar-refractivity contribution is 6.31. The fourth-order valence-corrected chi connectivity index (χ4v) is 1.05. The van der Waals surface area contributed by atoms with Gasteiger partial charge in [-0.05, 0) is 18.2 Å². The Balaban J connectivity index is 3.07. The van der Waals surface area contributed by atoms with E-state index in [-0.39, 0.29) is 17.0 Å². The van der Waals surface area contributed by atoms with Crippen molar-refractivity contribution in [3.05, 3.63) is 34.6 Å². The first-order valence-electron chi connectivity index (χ1n) is 3.50. The maximum atomic E-state index is 13.0. The van der Waals surface area contributed by atoms with E-state index in [9.17, 15) is 9.18 Å². The monoisotopic (exact) mass is 197 g/mol. The van der Waals surface area contributed by atoms with Crippen molar-refractivity contribution in [1.29, 1.82) is 5.26 Å². The van der Waals surface area contributed by atoms with E-state index >= 15 is 0 Å². The average Bonchev–Trinajstić information content (AvgIpc) is 2.09. The van der Waals surface area contributed by atoms with E-state index in [1.165, 1.54) is 12.1 Å². The molecule has 0 aliphatic rings. The summed E-state index contributed by atoms with van der Waals surface area (Å²) in [6, 6.07) is 5.32. The van der Waals surface area contributed by atoms with Gasteiger partial charge in [-0.2, -0.15) is 5.26 Å². The van der Waals surface area contributed by atoms with Crippen LogP contribution in [0.1, 0.15) is 16.8 Å². The van der Waals surface area contributed by atoms with Crippen LogP contribution in [0.4, 0.5) is 4.39 Å². The molecular weight excluding hydrogens is 193 g/mol. The van der Waals surface area contributed by atoms with Crippen LogP contribution >= 0.6 is 11.6 Å². The molecule has 4 heteroatoms. The van der Waals surface area contributed by atoms with Gasteiger partial charge in [-0.3, -0.25) is 4.79 Å². The quantitative estimate of drug-likeness (QED) is 0.684. The van der Waals surface area contributed by atoms with E-state index in [0.29, 0.717) is 0 Å². The lowest BCUT2D eigenvalue weighted by Gasteiger charge is -1.98. The van der Waals surface area contributed by atoms with Gasteiger partial charge in [-0.1, -0.05) is 11.6 Å². The SMILES string of the molecule is N#CCC(=O)c1cc(Cl)ccc1F. The van der Waals surface area contributed by atoms with Crippen molar-refractivity contribution in [2.24, 2.45) is 0 Å². The molecule has 0 saturated carbocycles. The van der Waals surface area contributed by atoms with Crippen LogP contribution in [0.3, 0.4) is 0 Å². The summed E-state index contributed by atoms with van der Waals surface area (Å²) in [6.07, 6.45) is -0.336. The molecule has 0 unspecified atom stereocenters. The molecule has 0 aliphatic heterocycles. The fraction of sp³-hybridized carbons (Fsp3) is 0.111. The van der Waals surface area contributed by atoms with Crippen LogP contribution in [-0.4, -0.2) is 5.78 Å². The molecule has 13 heavy (non-hydrogen) atoms. The van der Waals surface area contributed by atoms with Gasteiger partial charge in [0.25, 0.3) is 0 Å². The van der Waals surface area contributed by atoms with Crippen LogP contribution in [0.25, 0.3) is 0 Å². The summed E-state index contributed by atoms with van der Waals surface area (Å²) in [7, 11) is 0. The van der Waals surface area contributed by atoms with Crippen molar-refractivity contribution >= 4 is 17.4 Å². The standard InChI is InChI=1S/C9H5ClFNO/c10-6-1-2-8(11)7(5-6)9(13)3-4-12/h1-2,5H,3H2. The van der Waals surface area contributed by atoms with E-state index in [1.54, 1.807) is 6.07 Å². The summed E-state index contributed by atoms with van der Waals surface area (Å²) in [6.45, 7) is 0. The number of hydrogen-bond acceptors (Lipinski definition) is 2. The number of rotatable bonds is 2. The average molecular weight is 198 g/mol. The number of benzene rings is 1. The number of nitriles is 1. The molecule has 2 nitrogen and oxygen atoms in total. The van der Waals surface area contributed by atoms with E-state index in [0.717, 1.165) is 6.07 Å². The highest BCUT2D eigenvalue weighted by Gasteiger charge is 2.11. The molecule has 0 saturated heterocycles. The molecule has 0 heterocycles. The maximum Gasteiger partial charge on any atom is 0.179 e. The van der Waals surface area contributed by atoms with E-state index in [4.69, 9.17) is 16.9 Å². The van der Waals surface area contributed by atoms with Crippen molar-refractivity contribution in [2.75, 3.05) is 0 Å². The molecular formula is C9H5ClFNO. The third-order valence-corrected chi connectivity index (χ3v) is 1.70. The Labute approximate surface area is 79.5 Å². The second-order valence-corrected chi connectivity index (χ2v) is 2.82. The Bertz CT molecular complexity index is 384. The zero-order valence-electron chi connectivity index (χ0n) is 6.55. The van der Waals surface area contributed by atoms with Gasteiger partial charge in [0.05, 0.1) is 18.1 Å². The third-order valence-electron chi connectivity index (χ3n) is 1.47. The lowest BCUT2D eigenvalue weighted by molar-refractivity contribution is 0.0994. The van der Waals surface area contributed by atoms with Crippen molar-refractivity contribution in [3.63, 3.8) is 0 Å². The molecule has 0 spiro atoms. The van der Waals surface area contributed by atoms with Crippen LogP contribution in [0.2, 0.25) is 5.02 Å². The van der Waals surface area contributed by atoms with Gasteiger partial charge in [0, 0.05) is 5.02 Å². The summed E-state index contributed by atoms with van der Waals surface area (Å²) in [4.78, 5) is 11.1. The minimum atomic E-state index is -0.648. The number of nitrogens with zero attached hydrogens (tertiary/aromatic N) is 1. The Morgan fingerprint density at radius 3 is 2.92 bits per heavy atom. The second kappa shape index (κ2) is 4.01. The summed E-state index contributed by atoms with van der Waals surface area (Å²) in [5.41, 5.74) is -0.131. The number of Topliss-reactive ketones (excluding diaryl/α,β-unsaturated/α-hetero) is 1. The minimum Gasteiger partial charge on any atom is -0.293 e. The topological polar surface area (TPSA) is 40.9 Å². The first kappa shape index (κ1) is 9.69. The molecule has 0 aromatic heterocycles. The highest BCUT2D eigenvalue weighted by atomic mass is 35.5. The largest absolute Gasteiger partial charge is 0.293 e. The Morgan fingerprint density at radius 1 is 1.62 bits per heavy atom. The van der Waals surface area contributed by atoms with Crippen LogP contribution in [-0.2, 0) is 0 Å². The molecule has 1 aromatic carbocycles. The summed E-state index contributed by atoms with van der Waals surface area (Å²) in [5, 5.41) is 8.51. The van der Waals surface area contributed by atoms with Crippen LogP contribution in [0.15, 0.2) is 18.2 Å². The predicted molar refractivity (Wildman–Crippen MR) is 46.0 cm³/mol. The predicted octanol–water partition coefficient (Wildman–Crippen LogP) is 2.58. The van der Waals surface area contributed by atoms with Crippen LogP contribution < -0.4 is 0 Å². The Hall–Kier alpha value is -1.40. The fourth-order valence-electron chi connectivity index (χ4n) is 0.878. The minimum absolute atomic E-state index is 0.131. The van der Waals surface area contributed by atoms with Gasteiger partial charge in [-0.15, -0.1) is 0 Å². The second-order valence-electron chi connectivity index (χ2n) is 2.38. The molecule has 1 aromatic rings. The van der Waals surface area contributed by atoms with Crippen molar-refractivity contribution < 1.29 is 9.18 Å². The molecule has 0 radical (unpaired) electrons.